The van der Waals surface area contributed by atoms with E-state index in [-0.39, 0.29) is 11.8 Å². The molecule has 0 spiro atoms. The van der Waals surface area contributed by atoms with Gasteiger partial charge in [-0.25, -0.2) is 0 Å². The van der Waals surface area contributed by atoms with E-state index in [2.05, 4.69) is 13.2 Å². The van der Waals surface area contributed by atoms with Crippen LogP contribution in [0.2, 0.25) is 0 Å². The second-order valence-corrected chi connectivity index (χ2v) is 3.47. The summed E-state index contributed by atoms with van der Waals surface area (Å²) in [5.74, 6) is -0.170. The molecular formula is C11H16N2O2. The van der Waals surface area contributed by atoms with Crippen LogP contribution in [0.15, 0.2) is 25.3 Å². The van der Waals surface area contributed by atoms with Crippen molar-refractivity contribution in [2.24, 2.45) is 0 Å². The van der Waals surface area contributed by atoms with Crippen molar-refractivity contribution >= 4 is 11.8 Å². The van der Waals surface area contributed by atoms with Gasteiger partial charge < -0.3 is 0 Å². The van der Waals surface area contributed by atoms with E-state index in [0.29, 0.717) is 32.6 Å². The first-order valence-corrected chi connectivity index (χ1v) is 4.96. The lowest BCUT2D eigenvalue weighted by molar-refractivity contribution is -0.140. The highest BCUT2D eigenvalue weighted by molar-refractivity contribution is 6.01. The molecule has 0 unspecified atom stereocenters. The summed E-state index contributed by atoms with van der Waals surface area (Å²) in [7, 11) is 0. The molecule has 0 aliphatic carbocycles. The topological polar surface area (TPSA) is 40.6 Å². The smallest absolute Gasteiger partial charge is 0.230 e. The molecule has 0 aromatic rings. The van der Waals surface area contributed by atoms with Gasteiger partial charge in [-0.05, 0) is 0 Å². The summed E-state index contributed by atoms with van der Waals surface area (Å²) >= 11 is 0. The molecule has 4 heteroatoms. The minimum absolute atomic E-state index is 0.0851. The predicted molar refractivity (Wildman–Crippen MR) is 57.9 cm³/mol. The van der Waals surface area contributed by atoms with Crippen molar-refractivity contribution in [1.29, 1.82) is 0 Å². The Kier molecular flexibility index (Phi) is 4.24. The van der Waals surface area contributed by atoms with Crippen LogP contribution in [0.4, 0.5) is 0 Å². The predicted octanol–water partition coefficient (Wildman–Crippen LogP) is 0.767. The highest BCUT2D eigenvalue weighted by atomic mass is 16.2. The van der Waals surface area contributed by atoms with Gasteiger partial charge in [-0.2, -0.15) is 0 Å². The zero-order chi connectivity index (χ0) is 11.3. The van der Waals surface area contributed by atoms with Gasteiger partial charge in [-0.1, -0.05) is 12.2 Å². The number of amides is 2. The molecule has 15 heavy (non-hydrogen) atoms. The Labute approximate surface area is 89.8 Å². The van der Waals surface area contributed by atoms with Gasteiger partial charge in [0.15, 0.2) is 0 Å². The molecule has 0 atom stereocenters. The molecule has 1 saturated heterocycles. The lowest BCUT2D eigenvalue weighted by Gasteiger charge is -2.24. The Morgan fingerprint density at radius 2 is 1.60 bits per heavy atom. The Morgan fingerprint density at radius 3 is 2.00 bits per heavy atom. The molecule has 0 saturated carbocycles. The maximum absolute atomic E-state index is 11.4. The second-order valence-electron chi connectivity index (χ2n) is 3.47. The van der Waals surface area contributed by atoms with Crippen LogP contribution in [0.5, 0.6) is 0 Å². The summed E-state index contributed by atoms with van der Waals surface area (Å²) in [6.07, 6.45) is 4.17. The van der Waals surface area contributed by atoms with Gasteiger partial charge in [-0.15, -0.1) is 13.2 Å². The fraction of sp³-hybridized carbons (Fsp3) is 0.455. The number of carbonyl (C=O) groups excluding carboxylic acids is 2. The molecule has 1 heterocycles. The summed E-state index contributed by atoms with van der Waals surface area (Å²) in [6, 6.07) is 0. The first kappa shape index (κ1) is 11.7. The van der Waals surface area contributed by atoms with Crippen LogP contribution < -0.4 is 0 Å². The Morgan fingerprint density at radius 1 is 1.13 bits per heavy atom. The van der Waals surface area contributed by atoms with E-state index in [4.69, 9.17) is 0 Å². The third kappa shape index (κ3) is 3.02. The SMILES string of the molecule is C=CCN(CC=C)CN1C(=O)CCC1=O. The van der Waals surface area contributed by atoms with E-state index in [1.807, 2.05) is 4.90 Å². The van der Waals surface area contributed by atoms with Crippen molar-refractivity contribution in [3.8, 4) is 0 Å². The van der Waals surface area contributed by atoms with Crippen LogP contribution in [-0.2, 0) is 9.59 Å². The fourth-order valence-electron chi connectivity index (χ4n) is 1.54. The molecule has 0 bridgehead atoms. The maximum Gasteiger partial charge on any atom is 0.230 e. The van der Waals surface area contributed by atoms with Gasteiger partial charge in [0.25, 0.3) is 0 Å². The highest BCUT2D eigenvalue weighted by Crippen LogP contribution is 2.12. The number of rotatable bonds is 6. The molecule has 2 amide bonds. The quantitative estimate of drug-likeness (QED) is 0.478. The number of carbonyl (C=O) groups is 2. The molecule has 1 rings (SSSR count). The van der Waals surface area contributed by atoms with Crippen LogP contribution >= 0.6 is 0 Å². The van der Waals surface area contributed by atoms with E-state index in [9.17, 15) is 9.59 Å². The van der Waals surface area contributed by atoms with Crippen LogP contribution in [0.25, 0.3) is 0 Å². The van der Waals surface area contributed by atoms with Gasteiger partial charge in [0, 0.05) is 25.9 Å². The van der Waals surface area contributed by atoms with Crippen LogP contribution in [0.1, 0.15) is 12.8 Å². The number of nitrogens with zero attached hydrogens (tertiary/aromatic N) is 2. The molecule has 0 radical (unpaired) electrons. The second kappa shape index (κ2) is 5.46. The molecule has 4 nitrogen and oxygen atoms in total. The molecule has 1 fully saturated rings. The largest absolute Gasteiger partial charge is 0.278 e. The monoisotopic (exact) mass is 208 g/mol. The molecular weight excluding hydrogens is 192 g/mol. The van der Waals surface area contributed by atoms with Gasteiger partial charge in [-0.3, -0.25) is 19.4 Å². The van der Waals surface area contributed by atoms with E-state index < -0.39 is 0 Å². The molecule has 0 N–H and O–H groups in total. The van der Waals surface area contributed by atoms with Crippen molar-refractivity contribution in [2.45, 2.75) is 12.8 Å². The minimum Gasteiger partial charge on any atom is -0.278 e. The average molecular weight is 208 g/mol. The number of hydrogen-bond acceptors (Lipinski definition) is 3. The molecule has 82 valence electrons. The average Bonchev–Trinajstić information content (AvgIpc) is 2.50. The first-order chi connectivity index (χ1) is 7.19. The Bertz CT molecular complexity index is 260. The van der Waals surface area contributed by atoms with E-state index in [1.54, 1.807) is 12.2 Å². The summed E-state index contributed by atoms with van der Waals surface area (Å²) in [5.41, 5.74) is 0. The third-order valence-corrected chi connectivity index (χ3v) is 2.27. The minimum atomic E-state index is -0.0851. The van der Waals surface area contributed by atoms with Crippen molar-refractivity contribution in [2.75, 3.05) is 19.8 Å². The van der Waals surface area contributed by atoms with Crippen molar-refractivity contribution in [1.82, 2.24) is 9.80 Å². The summed E-state index contributed by atoms with van der Waals surface area (Å²) < 4.78 is 0. The zero-order valence-electron chi connectivity index (χ0n) is 8.82. The van der Waals surface area contributed by atoms with E-state index in [1.165, 1.54) is 4.90 Å². The summed E-state index contributed by atoms with van der Waals surface area (Å²) in [4.78, 5) is 25.9. The molecule has 0 aromatic heterocycles. The standard InChI is InChI=1S/C11H16N2O2/c1-3-7-12(8-4-2)9-13-10(14)5-6-11(13)15/h3-4H,1-2,5-9H2. The lowest BCUT2D eigenvalue weighted by Crippen LogP contribution is -2.41. The molecule has 0 aromatic carbocycles. The highest BCUT2D eigenvalue weighted by Gasteiger charge is 2.29. The number of imide groups is 1. The van der Waals surface area contributed by atoms with Crippen LogP contribution in [0.3, 0.4) is 0 Å². The summed E-state index contributed by atoms with van der Waals surface area (Å²) in [6.45, 7) is 8.89. The van der Waals surface area contributed by atoms with Gasteiger partial charge >= 0.3 is 0 Å². The van der Waals surface area contributed by atoms with Crippen LogP contribution in [-0.4, -0.2) is 41.4 Å². The van der Waals surface area contributed by atoms with Crippen molar-refractivity contribution < 1.29 is 9.59 Å². The van der Waals surface area contributed by atoms with Crippen LogP contribution in [0, 0.1) is 0 Å². The summed E-state index contributed by atoms with van der Waals surface area (Å²) in [5, 5.41) is 0. The number of likely N-dealkylation sites (tertiary alicyclic amines) is 1. The van der Waals surface area contributed by atoms with E-state index >= 15 is 0 Å². The van der Waals surface area contributed by atoms with Gasteiger partial charge in [0.2, 0.25) is 11.8 Å². The number of hydrogen-bond donors (Lipinski definition) is 0. The normalized spacial score (nSPS) is 16.2. The molecule has 1 aliphatic heterocycles. The Hall–Kier alpha value is -1.42. The third-order valence-electron chi connectivity index (χ3n) is 2.27. The van der Waals surface area contributed by atoms with E-state index in [0.717, 1.165) is 0 Å². The Balaban J connectivity index is 2.55. The van der Waals surface area contributed by atoms with Gasteiger partial charge in [0.05, 0.1) is 6.67 Å². The first-order valence-electron chi connectivity index (χ1n) is 4.96. The van der Waals surface area contributed by atoms with Gasteiger partial charge in [0.1, 0.15) is 0 Å². The maximum atomic E-state index is 11.4. The lowest BCUT2D eigenvalue weighted by atomic mass is 10.4. The molecule has 1 aliphatic rings. The fourth-order valence-corrected chi connectivity index (χ4v) is 1.54. The van der Waals surface area contributed by atoms with Crippen molar-refractivity contribution in [3.05, 3.63) is 25.3 Å². The zero-order valence-corrected chi connectivity index (χ0v) is 8.82. The van der Waals surface area contributed by atoms with Crippen molar-refractivity contribution in [3.63, 3.8) is 0 Å².